The molecule has 0 aliphatic carbocycles. The molecule has 0 spiro atoms. The summed E-state index contributed by atoms with van der Waals surface area (Å²) < 4.78 is 3.27. The van der Waals surface area contributed by atoms with E-state index in [9.17, 15) is 0 Å². The molecule has 5 heteroatoms. The van der Waals surface area contributed by atoms with Gasteiger partial charge < -0.3 is 5.32 Å². The smallest absolute Gasteiger partial charge is 0.114 e. The highest BCUT2D eigenvalue weighted by Gasteiger charge is 2.20. The van der Waals surface area contributed by atoms with Crippen LogP contribution >= 0.6 is 11.3 Å². The van der Waals surface area contributed by atoms with Crippen molar-refractivity contribution in [1.82, 2.24) is 20.3 Å². The number of nitrogens with zero attached hydrogens (tertiary/aromatic N) is 3. The van der Waals surface area contributed by atoms with Crippen molar-refractivity contribution in [1.29, 1.82) is 0 Å². The van der Waals surface area contributed by atoms with Gasteiger partial charge in [0.05, 0.1) is 12.2 Å². The Morgan fingerprint density at radius 2 is 2.17 bits per heavy atom. The van der Waals surface area contributed by atoms with Crippen LogP contribution in [0.3, 0.4) is 0 Å². The van der Waals surface area contributed by atoms with Crippen molar-refractivity contribution in [2.75, 3.05) is 13.1 Å². The summed E-state index contributed by atoms with van der Waals surface area (Å²) in [6.07, 6.45) is 2.06. The van der Waals surface area contributed by atoms with Gasteiger partial charge in [0, 0.05) is 34.1 Å². The number of hydrogen-bond acceptors (Lipinski definition) is 4. The van der Waals surface area contributed by atoms with Gasteiger partial charge in [-0.05, 0) is 6.07 Å². The van der Waals surface area contributed by atoms with Crippen molar-refractivity contribution in [2.45, 2.75) is 6.04 Å². The van der Waals surface area contributed by atoms with E-state index in [1.165, 1.54) is 15.6 Å². The molecular formula is C13H12N4S. The normalized spacial score (nSPS) is 16.0. The minimum atomic E-state index is 0.469. The second-order valence-corrected chi connectivity index (χ2v) is 5.45. The third kappa shape index (κ3) is 1.48. The molecule has 3 heterocycles. The van der Waals surface area contributed by atoms with Gasteiger partial charge in [-0.25, -0.2) is 4.68 Å². The van der Waals surface area contributed by atoms with Crippen LogP contribution < -0.4 is 5.32 Å². The molecule has 1 saturated heterocycles. The summed E-state index contributed by atoms with van der Waals surface area (Å²) >= 11 is 1.76. The maximum atomic E-state index is 4.30. The van der Waals surface area contributed by atoms with Gasteiger partial charge in [-0.3, -0.25) is 0 Å². The Kier molecular flexibility index (Phi) is 2.21. The quantitative estimate of drug-likeness (QED) is 0.765. The predicted octanol–water partition coefficient (Wildman–Crippen LogP) is 2.30. The molecule has 3 aromatic rings. The lowest BCUT2D eigenvalue weighted by Gasteiger charge is -2.26. The topological polar surface area (TPSA) is 42.7 Å². The van der Waals surface area contributed by atoms with Gasteiger partial charge in [-0.2, -0.15) is 0 Å². The third-order valence-electron chi connectivity index (χ3n) is 3.40. The molecule has 0 unspecified atom stereocenters. The minimum absolute atomic E-state index is 0.469. The van der Waals surface area contributed by atoms with E-state index < -0.39 is 0 Å². The Morgan fingerprint density at radius 1 is 1.28 bits per heavy atom. The fraction of sp³-hybridized carbons (Fsp3) is 0.231. The highest BCUT2D eigenvalue weighted by molar-refractivity contribution is 7.17. The Balaban J connectivity index is 1.79. The monoisotopic (exact) mass is 256 g/mol. The standard InChI is InChI=1S/C13H12N4S/c1-2-4-13-10(3-1)11(8-18-13)12-7-17(16-15-12)9-5-14-6-9/h1-4,7-9,14H,5-6H2. The van der Waals surface area contributed by atoms with Crippen LogP contribution in [0, 0.1) is 0 Å². The Labute approximate surface area is 108 Å². The van der Waals surface area contributed by atoms with Crippen LogP contribution in [0.1, 0.15) is 6.04 Å². The third-order valence-corrected chi connectivity index (χ3v) is 4.36. The lowest BCUT2D eigenvalue weighted by atomic mass is 10.1. The van der Waals surface area contributed by atoms with Crippen molar-refractivity contribution < 1.29 is 0 Å². The summed E-state index contributed by atoms with van der Waals surface area (Å²) in [6, 6.07) is 8.89. The number of thiophene rings is 1. The van der Waals surface area contributed by atoms with Crippen LogP contribution in [-0.4, -0.2) is 28.1 Å². The van der Waals surface area contributed by atoms with Crippen molar-refractivity contribution in [2.24, 2.45) is 0 Å². The first-order valence-corrected chi connectivity index (χ1v) is 6.89. The number of fused-ring (bicyclic) bond motifs is 1. The molecule has 4 rings (SSSR count). The van der Waals surface area contributed by atoms with Crippen LogP contribution in [0.4, 0.5) is 0 Å². The van der Waals surface area contributed by atoms with E-state index in [2.05, 4.69) is 51.5 Å². The minimum Gasteiger partial charge on any atom is -0.312 e. The molecule has 4 nitrogen and oxygen atoms in total. The fourth-order valence-corrected chi connectivity index (χ4v) is 3.17. The summed E-state index contributed by atoms with van der Waals surface area (Å²) in [6.45, 7) is 1.99. The molecule has 1 aliphatic rings. The maximum absolute atomic E-state index is 4.30. The van der Waals surface area contributed by atoms with Gasteiger partial charge in [-0.15, -0.1) is 16.4 Å². The molecule has 1 aliphatic heterocycles. The van der Waals surface area contributed by atoms with Gasteiger partial charge in [-0.1, -0.05) is 23.4 Å². The van der Waals surface area contributed by atoms with E-state index >= 15 is 0 Å². The number of benzene rings is 1. The number of aromatic nitrogens is 3. The maximum Gasteiger partial charge on any atom is 0.114 e. The Morgan fingerprint density at radius 3 is 3.00 bits per heavy atom. The molecule has 1 aromatic carbocycles. The van der Waals surface area contributed by atoms with E-state index in [0.29, 0.717) is 6.04 Å². The van der Waals surface area contributed by atoms with Crippen molar-refractivity contribution >= 4 is 21.4 Å². The zero-order chi connectivity index (χ0) is 11.9. The molecule has 0 atom stereocenters. The van der Waals surface area contributed by atoms with Crippen LogP contribution in [0.2, 0.25) is 0 Å². The van der Waals surface area contributed by atoms with E-state index in [0.717, 1.165) is 18.8 Å². The molecule has 0 saturated carbocycles. The Hall–Kier alpha value is -1.72. The first kappa shape index (κ1) is 10.2. The second-order valence-electron chi connectivity index (χ2n) is 4.54. The van der Waals surface area contributed by atoms with Gasteiger partial charge in [0.15, 0.2) is 0 Å². The van der Waals surface area contributed by atoms with Crippen LogP contribution in [0.25, 0.3) is 21.3 Å². The van der Waals surface area contributed by atoms with E-state index in [4.69, 9.17) is 0 Å². The number of hydrogen-bond donors (Lipinski definition) is 1. The Bertz CT molecular complexity index is 696. The van der Waals surface area contributed by atoms with Gasteiger partial charge >= 0.3 is 0 Å². The van der Waals surface area contributed by atoms with Crippen molar-refractivity contribution in [3.8, 4) is 11.3 Å². The zero-order valence-corrected chi connectivity index (χ0v) is 10.5. The molecule has 1 fully saturated rings. The summed E-state index contributed by atoms with van der Waals surface area (Å²) in [7, 11) is 0. The SMILES string of the molecule is c1ccc2c(-c3cn(C4CNC4)nn3)csc2c1. The van der Waals surface area contributed by atoms with Crippen molar-refractivity contribution in [3.63, 3.8) is 0 Å². The zero-order valence-electron chi connectivity index (χ0n) is 9.71. The molecule has 0 bridgehead atoms. The second kappa shape index (κ2) is 3.90. The van der Waals surface area contributed by atoms with Crippen LogP contribution in [-0.2, 0) is 0 Å². The number of rotatable bonds is 2. The van der Waals surface area contributed by atoms with Gasteiger partial charge in [0.25, 0.3) is 0 Å². The molecule has 0 amide bonds. The van der Waals surface area contributed by atoms with E-state index in [-0.39, 0.29) is 0 Å². The summed E-state index contributed by atoms with van der Waals surface area (Å²) in [5, 5.41) is 15.2. The van der Waals surface area contributed by atoms with Gasteiger partial charge in [0.2, 0.25) is 0 Å². The van der Waals surface area contributed by atoms with Crippen LogP contribution in [0.15, 0.2) is 35.8 Å². The average Bonchev–Trinajstić information content (AvgIpc) is 2.92. The van der Waals surface area contributed by atoms with Gasteiger partial charge in [0.1, 0.15) is 5.69 Å². The summed E-state index contributed by atoms with van der Waals surface area (Å²) in [4.78, 5) is 0. The number of nitrogens with one attached hydrogen (secondary N) is 1. The molecular weight excluding hydrogens is 244 g/mol. The van der Waals surface area contributed by atoms with Crippen molar-refractivity contribution in [3.05, 3.63) is 35.8 Å². The van der Waals surface area contributed by atoms with E-state index in [1.54, 1.807) is 11.3 Å². The first-order valence-electron chi connectivity index (χ1n) is 6.01. The lowest BCUT2D eigenvalue weighted by molar-refractivity contribution is 0.313. The predicted molar refractivity (Wildman–Crippen MR) is 72.7 cm³/mol. The lowest BCUT2D eigenvalue weighted by Crippen LogP contribution is -2.43. The molecule has 18 heavy (non-hydrogen) atoms. The highest BCUT2D eigenvalue weighted by atomic mass is 32.1. The average molecular weight is 256 g/mol. The molecule has 0 radical (unpaired) electrons. The molecule has 2 aromatic heterocycles. The largest absolute Gasteiger partial charge is 0.312 e. The molecule has 90 valence electrons. The fourth-order valence-electron chi connectivity index (χ4n) is 2.22. The summed E-state index contributed by atoms with van der Waals surface area (Å²) in [5.74, 6) is 0. The van der Waals surface area contributed by atoms with Crippen LogP contribution in [0.5, 0.6) is 0 Å². The van der Waals surface area contributed by atoms with E-state index in [1.807, 2.05) is 4.68 Å². The first-order chi connectivity index (χ1) is 8.92. The molecule has 1 N–H and O–H groups in total. The summed E-state index contributed by atoms with van der Waals surface area (Å²) in [5.41, 5.74) is 2.16. The highest BCUT2D eigenvalue weighted by Crippen LogP contribution is 2.32.